The number of ether oxygens (including phenoxy) is 1. The van der Waals surface area contributed by atoms with Gasteiger partial charge in [-0.2, -0.15) is 0 Å². The van der Waals surface area contributed by atoms with E-state index in [2.05, 4.69) is 62.0 Å². The van der Waals surface area contributed by atoms with Gasteiger partial charge < -0.3 is 9.72 Å². The molecule has 1 unspecified atom stereocenters. The van der Waals surface area contributed by atoms with Crippen LogP contribution in [0.25, 0.3) is 10.9 Å². The van der Waals surface area contributed by atoms with Gasteiger partial charge in [-0.1, -0.05) is 43.3 Å². The molecule has 0 amide bonds. The summed E-state index contributed by atoms with van der Waals surface area (Å²) in [5.74, 6) is 1.50. The van der Waals surface area contributed by atoms with Crippen LogP contribution in [-0.2, 0) is 19.6 Å². The SMILES string of the molecule is CCC(c1nnnn1Cc1ccccc1)N(Cc1cccs1)Cc1cc2ccc(OC)cc2[nH]c1=O. The van der Waals surface area contributed by atoms with Crippen LogP contribution in [-0.4, -0.2) is 37.2 Å². The van der Waals surface area contributed by atoms with Crippen LogP contribution in [0.4, 0.5) is 0 Å². The molecule has 5 rings (SSSR count). The van der Waals surface area contributed by atoms with Gasteiger partial charge in [0.1, 0.15) is 5.75 Å². The molecular weight excluding hydrogens is 472 g/mol. The quantitative estimate of drug-likeness (QED) is 0.297. The lowest BCUT2D eigenvalue weighted by molar-refractivity contribution is 0.163. The van der Waals surface area contributed by atoms with Crippen molar-refractivity contribution in [3.8, 4) is 5.75 Å². The molecule has 0 aliphatic carbocycles. The molecule has 3 heterocycles. The number of methoxy groups -OCH3 is 1. The highest BCUT2D eigenvalue weighted by molar-refractivity contribution is 7.09. The fourth-order valence-corrected chi connectivity index (χ4v) is 5.22. The monoisotopic (exact) mass is 500 g/mol. The Labute approximate surface area is 213 Å². The summed E-state index contributed by atoms with van der Waals surface area (Å²) >= 11 is 1.70. The molecule has 1 N–H and O–H groups in total. The number of fused-ring (bicyclic) bond motifs is 1. The van der Waals surface area contributed by atoms with Crippen LogP contribution in [0, 0.1) is 0 Å². The van der Waals surface area contributed by atoms with Crippen molar-refractivity contribution in [3.05, 3.63) is 104 Å². The summed E-state index contributed by atoms with van der Waals surface area (Å²) in [6.07, 6.45) is 0.795. The molecule has 5 aromatic rings. The predicted octanol–water partition coefficient (Wildman–Crippen LogP) is 4.79. The van der Waals surface area contributed by atoms with Gasteiger partial charge in [0.2, 0.25) is 0 Å². The fourth-order valence-electron chi connectivity index (χ4n) is 4.49. The summed E-state index contributed by atoms with van der Waals surface area (Å²) < 4.78 is 7.17. The lowest BCUT2D eigenvalue weighted by Crippen LogP contribution is -2.32. The van der Waals surface area contributed by atoms with E-state index in [9.17, 15) is 4.79 Å². The van der Waals surface area contributed by atoms with E-state index in [4.69, 9.17) is 4.74 Å². The molecule has 0 saturated heterocycles. The third-order valence-corrected chi connectivity index (χ3v) is 7.16. The van der Waals surface area contributed by atoms with Crippen LogP contribution in [0.5, 0.6) is 5.75 Å². The average molecular weight is 501 g/mol. The van der Waals surface area contributed by atoms with Crippen LogP contribution < -0.4 is 10.3 Å². The molecule has 0 radical (unpaired) electrons. The fraction of sp³-hybridized carbons (Fsp3) is 0.259. The Bertz CT molecular complexity index is 1480. The summed E-state index contributed by atoms with van der Waals surface area (Å²) in [4.78, 5) is 19.6. The number of rotatable bonds is 10. The van der Waals surface area contributed by atoms with Crippen molar-refractivity contribution >= 4 is 22.2 Å². The van der Waals surface area contributed by atoms with Gasteiger partial charge in [-0.05, 0) is 57.4 Å². The molecule has 0 bridgehead atoms. The van der Waals surface area contributed by atoms with Crippen molar-refractivity contribution < 1.29 is 4.74 Å². The number of aromatic amines is 1. The Morgan fingerprint density at radius 2 is 1.94 bits per heavy atom. The molecule has 36 heavy (non-hydrogen) atoms. The molecule has 8 nitrogen and oxygen atoms in total. The maximum absolute atomic E-state index is 13.1. The number of benzene rings is 2. The minimum absolute atomic E-state index is 0.0724. The molecule has 1 atom stereocenters. The highest BCUT2D eigenvalue weighted by Gasteiger charge is 2.26. The minimum Gasteiger partial charge on any atom is -0.497 e. The summed E-state index contributed by atoms with van der Waals surface area (Å²) in [7, 11) is 1.62. The first-order chi connectivity index (χ1) is 17.6. The lowest BCUT2D eigenvalue weighted by Gasteiger charge is -2.30. The van der Waals surface area contributed by atoms with E-state index in [1.807, 2.05) is 47.1 Å². The largest absolute Gasteiger partial charge is 0.497 e. The van der Waals surface area contributed by atoms with Crippen molar-refractivity contribution in [2.24, 2.45) is 0 Å². The smallest absolute Gasteiger partial charge is 0.252 e. The van der Waals surface area contributed by atoms with E-state index in [1.54, 1.807) is 18.4 Å². The van der Waals surface area contributed by atoms with Gasteiger partial charge in [0.05, 0.1) is 25.2 Å². The topological polar surface area (TPSA) is 88.9 Å². The van der Waals surface area contributed by atoms with Crippen molar-refractivity contribution in [1.82, 2.24) is 30.1 Å². The van der Waals surface area contributed by atoms with Gasteiger partial charge in [0.25, 0.3) is 5.56 Å². The molecular formula is C27H28N6O2S. The van der Waals surface area contributed by atoms with Gasteiger partial charge in [-0.25, -0.2) is 4.68 Å². The first-order valence-corrected chi connectivity index (χ1v) is 12.8. The number of nitrogens with zero attached hydrogens (tertiary/aromatic N) is 5. The first kappa shape index (κ1) is 23.9. The Morgan fingerprint density at radius 1 is 1.08 bits per heavy atom. The van der Waals surface area contributed by atoms with Crippen LogP contribution in [0.1, 0.15) is 41.2 Å². The van der Waals surface area contributed by atoms with Crippen LogP contribution >= 0.6 is 11.3 Å². The number of hydrogen-bond donors (Lipinski definition) is 1. The highest BCUT2D eigenvalue weighted by atomic mass is 32.1. The standard InChI is InChI=1S/C27H28N6O2S/c1-3-25(26-29-30-31-33(26)16-19-8-5-4-6-9-19)32(18-23-10-7-13-36-23)17-21-14-20-11-12-22(35-2)15-24(20)28-27(21)34/h4-15,25H,3,16-18H2,1-2H3,(H,28,34). The van der Waals surface area contributed by atoms with Crippen LogP contribution in [0.2, 0.25) is 0 Å². The Morgan fingerprint density at radius 3 is 2.69 bits per heavy atom. The Kier molecular flexibility index (Phi) is 7.20. The normalized spacial score (nSPS) is 12.3. The van der Waals surface area contributed by atoms with Crippen LogP contribution in [0.15, 0.2) is 76.9 Å². The Balaban J connectivity index is 1.49. The van der Waals surface area contributed by atoms with Crippen molar-refractivity contribution in [3.63, 3.8) is 0 Å². The minimum atomic E-state index is -0.106. The number of thiophene rings is 1. The van der Waals surface area contributed by atoms with E-state index in [1.165, 1.54) is 4.88 Å². The van der Waals surface area contributed by atoms with Gasteiger partial charge in [0, 0.05) is 29.6 Å². The van der Waals surface area contributed by atoms with E-state index in [0.29, 0.717) is 30.9 Å². The molecule has 0 saturated carbocycles. The molecule has 0 fully saturated rings. The van der Waals surface area contributed by atoms with Crippen molar-refractivity contribution in [2.45, 2.75) is 39.0 Å². The summed E-state index contributed by atoms with van der Waals surface area (Å²) in [6.45, 7) is 3.87. The summed E-state index contributed by atoms with van der Waals surface area (Å²) in [6, 6.07) is 21.9. The molecule has 2 aromatic carbocycles. The number of H-pyrrole nitrogens is 1. The zero-order chi connectivity index (χ0) is 24.9. The van der Waals surface area contributed by atoms with Crippen molar-refractivity contribution in [2.75, 3.05) is 7.11 Å². The second kappa shape index (κ2) is 10.8. The number of aromatic nitrogens is 5. The van der Waals surface area contributed by atoms with Crippen molar-refractivity contribution in [1.29, 1.82) is 0 Å². The molecule has 0 aliphatic heterocycles. The number of nitrogens with one attached hydrogen (secondary N) is 1. The Hall–Kier alpha value is -3.82. The van der Waals surface area contributed by atoms with E-state index in [-0.39, 0.29) is 11.6 Å². The zero-order valence-corrected chi connectivity index (χ0v) is 21.1. The number of pyridine rings is 1. The first-order valence-electron chi connectivity index (χ1n) is 11.9. The van der Waals surface area contributed by atoms with Gasteiger partial charge >= 0.3 is 0 Å². The lowest BCUT2D eigenvalue weighted by atomic mass is 10.1. The molecule has 184 valence electrons. The molecule has 3 aromatic heterocycles. The maximum Gasteiger partial charge on any atom is 0.252 e. The third kappa shape index (κ3) is 5.22. The molecule has 0 spiro atoms. The van der Waals surface area contributed by atoms with E-state index >= 15 is 0 Å². The summed E-state index contributed by atoms with van der Waals surface area (Å²) in [5.41, 5.74) is 2.48. The van der Waals surface area contributed by atoms with Crippen LogP contribution in [0.3, 0.4) is 0 Å². The number of tetrazole rings is 1. The third-order valence-electron chi connectivity index (χ3n) is 6.30. The maximum atomic E-state index is 13.1. The van der Waals surface area contributed by atoms with Gasteiger partial charge in [-0.15, -0.1) is 16.4 Å². The zero-order valence-electron chi connectivity index (χ0n) is 20.3. The number of hydrogen-bond acceptors (Lipinski definition) is 7. The predicted molar refractivity (Wildman–Crippen MR) is 141 cm³/mol. The van der Waals surface area contributed by atoms with E-state index < -0.39 is 0 Å². The molecule has 9 heteroatoms. The average Bonchev–Trinajstić information content (AvgIpc) is 3.58. The van der Waals surface area contributed by atoms with Gasteiger partial charge in [0.15, 0.2) is 5.82 Å². The second-order valence-corrected chi connectivity index (χ2v) is 9.70. The van der Waals surface area contributed by atoms with E-state index in [0.717, 1.165) is 28.7 Å². The van der Waals surface area contributed by atoms with Gasteiger partial charge in [-0.3, -0.25) is 9.69 Å². The highest BCUT2D eigenvalue weighted by Crippen LogP contribution is 2.28. The molecule has 0 aliphatic rings. The summed E-state index contributed by atoms with van der Waals surface area (Å²) in [5, 5.41) is 15.8. The second-order valence-electron chi connectivity index (χ2n) is 8.67.